The highest BCUT2D eigenvalue weighted by atomic mass is 15.2. The average Bonchev–Trinajstić information content (AvgIpc) is 2.48. The maximum absolute atomic E-state index is 4.44. The number of nitrogens with zero attached hydrogens (tertiary/aromatic N) is 4. The van der Waals surface area contributed by atoms with E-state index in [2.05, 4.69) is 39.0 Å². The van der Waals surface area contributed by atoms with Gasteiger partial charge in [0, 0.05) is 25.4 Å². The summed E-state index contributed by atoms with van der Waals surface area (Å²) >= 11 is 0. The van der Waals surface area contributed by atoms with Crippen LogP contribution in [-0.4, -0.2) is 28.5 Å². The number of nitrogens with one attached hydrogen (secondary N) is 1. The summed E-state index contributed by atoms with van der Waals surface area (Å²) in [5.74, 6) is 1.89. The van der Waals surface area contributed by atoms with Crippen molar-refractivity contribution in [1.82, 2.24) is 15.0 Å². The molecule has 0 saturated heterocycles. The van der Waals surface area contributed by atoms with Crippen molar-refractivity contribution in [2.24, 2.45) is 0 Å². The normalized spacial score (nSPS) is 10.3. The average molecular weight is 271 g/mol. The lowest BCUT2D eigenvalue weighted by Gasteiger charge is -2.21. The SMILES string of the molecule is CCNc1ncnc(N(C)Cc2ccccn2)c1CC. The monoisotopic (exact) mass is 271 g/mol. The quantitative estimate of drug-likeness (QED) is 0.875. The van der Waals surface area contributed by atoms with Crippen LogP contribution < -0.4 is 10.2 Å². The molecule has 2 aromatic heterocycles. The Kier molecular flexibility index (Phi) is 4.87. The molecule has 0 aromatic carbocycles. The fourth-order valence-electron chi connectivity index (χ4n) is 2.19. The lowest BCUT2D eigenvalue weighted by molar-refractivity contribution is 0.845. The van der Waals surface area contributed by atoms with E-state index in [0.29, 0.717) is 0 Å². The molecular formula is C15H21N5. The summed E-state index contributed by atoms with van der Waals surface area (Å²) < 4.78 is 0. The zero-order chi connectivity index (χ0) is 14.4. The van der Waals surface area contributed by atoms with E-state index in [1.165, 1.54) is 0 Å². The number of hydrogen-bond donors (Lipinski definition) is 1. The van der Waals surface area contributed by atoms with E-state index in [0.717, 1.165) is 42.4 Å². The van der Waals surface area contributed by atoms with Gasteiger partial charge in [-0.15, -0.1) is 0 Å². The van der Waals surface area contributed by atoms with Crippen molar-refractivity contribution < 1.29 is 0 Å². The van der Waals surface area contributed by atoms with E-state index in [9.17, 15) is 0 Å². The first-order chi connectivity index (χ1) is 9.76. The predicted molar refractivity (Wildman–Crippen MR) is 81.9 cm³/mol. The Morgan fingerprint density at radius 2 is 2.00 bits per heavy atom. The zero-order valence-corrected chi connectivity index (χ0v) is 12.3. The van der Waals surface area contributed by atoms with E-state index in [4.69, 9.17) is 0 Å². The predicted octanol–water partition coefficient (Wildman–Crippen LogP) is 2.50. The van der Waals surface area contributed by atoms with E-state index < -0.39 is 0 Å². The molecule has 0 bridgehead atoms. The van der Waals surface area contributed by atoms with Gasteiger partial charge >= 0.3 is 0 Å². The first-order valence-electron chi connectivity index (χ1n) is 6.95. The molecule has 0 amide bonds. The van der Waals surface area contributed by atoms with Crippen LogP contribution in [0.2, 0.25) is 0 Å². The molecule has 0 spiro atoms. The second-order valence-corrected chi connectivity index (χ2v) is 4.59. The molecule has 0 aliphatic carbocycles. The summed E-state index contributed by atoms with van der Waals surface area (Å²) in [7, 11) is 2.03. The van der Waals surface area contributed by atoms with Crippen LogP contribution in [0.15, 0.2) is 30.7 Å². The number of rotatable bonds is 6. The second-order valence-electron chi connectivity index (χ2n) is 4.59. The number of anilines is 2. The Morgan fingerprint density at radius 1 is 1.15 bits per heavy atom. The van der Waals surface area contributed by atoms with Crippen LogP contribution in [0.25, 0.3) is 0 Å². The molecule has 0 saturated carbocycles. The number of pyridine rings is 1. The molecule has 106 valence electrons. The summed E-state index contributed by atoms with van der Waals surface area (Å²) in [6, 6.07) is 5.95. The van der Waals surface area contributed by atoms with Gasteiger partial charge in [0.1, 0.15) is 18.0 Å². The molecule has 5 heteroatoms. The van der Waals surface area contributed by atoms with Crippen molar-refractivity contribution in [1.29, 1.82) is 0 Å². The van der Waals surface area contributed by atoms with E-state index in [1.54, 1.807) is 6.33 Å². The third kappa shape index (κ3) is 3.23. The minimum Gasteiger partial charge on any atom is -0.370 e. The van der Waals surface area contributed by atoms with Crippen molar-refractivity contribution in [2.45, 2.75) is 26.8 Å². The Labute approximate surface area is 120 Å². The molecule has 2 heterocycles. The van der Waals surface area contributed by atoms with Gasteiger partial charge < -0.3 is 10.2 Å². The van der Waals surface area contributed by atoms with Crippen LogP contribution >= 0.6 is 0 Å². The topological polar surface area (TPSA) is 53.9 Å². The number of aromatic nitrogens is 3. The lowest BCUT2D eigenvalue weighted by Crippen LogP contribution is -2.21. The van der Waals surface area contributed by atoms with Gasteiger partial charge in [-0.05, 0) is 25.5 Å². The fraction of sp³-hybridized carbons (Fsp3) is 0.400. The fourth-order valence-corrected chi connectivity index (χ4v) is 2.19. The minimum absolute atomic E-state index is 0.733. The Bertz CT molecular complexity index is 541. The Balaban J connectivity index is 2.25. The summed E-state index contributed by atoms with van der Waals surface area (Å²) in [4.78, 5) is 15.2. The third-order valence-electron chi connectivity index (χ3n) is 3.11. The summed E-state index contributed by atoms with van der Waals surface area (Å²) in [6.45, 7) is 5.78. The van der Waals surface area contributed by atoms with Crippen molar-refractivity contribution >= 4 is 11.6 Å². The Morgan fingerprint density at radius 3 is 2.65 bits per heavy atom. The van der Waals surface area contributed by atoms with Crippen LogP contribution in [-0.2, 0) is 13.0 Å². The largest absolute Gasteiger partial charge is 0.370 e. The van der Waals surface area contributed by atoms with Gasteiger partial charge in [0.2, 0.25) is 0 Å². The standard InChI is InChI=1S/C15H21N5/c1-4-13-14(16-5-2)18-11-19-15(13)20(3)10-12-8-6-7-9-17-12/h6-9,11H,4-5,10H2,1-3H3,(H,16,18,19). The van der Waals surface area contributed by atoms with Crippen molar-refractivity contribution in [3.05, 3.63) is 42.0 Å². The smallest absolute Gasteiger partial charge is 0.137 e. The molecule has 2 rings (SSSR count). The molecule has 20 heavy (non-hydrogen) atoms. The summed E-state index contributed by atoms with van der Waals surface area (Å²) in [6.07, 6.45) is 4.32. The van der Waals surface area contributed by atoms with Crippen molar-refractivity contribution in [3.8, 4) is 0 Å². The Hall–Kier alpha value is -2.17. The third-order valence-corrected chi connectivity index (χ3v) is 3.11. The molecule has 0 aliphatic rings. The molecule has 1 N–H and O–H groups in total. The lowest BCUT2D eigenvalue weighted by atomic mass is 10.2. The van der Waals surface area contributed by atoms with Gasteiger partial charge in [0.15, 0.2) is 0 Å². The molecule has 0 atom stereocenters. The molecular weight excluding hydrogens is 250 g/mol. The van der Waals surface area contributed by atoms with Gasteiger partial charge in [0.25, 0.3) is 0 Å². The molecule has 2 aromatic rings. The summed E-state index contributed by atoms with van der Waals surface area (Å²) in [5, 5.41) is 3.29. The molecule has 0 unspecified atom stereocenters. The highest BCUT2D eigenvalue weighted by Crippen LogP contribution is 2.23. The molecule has 5 nitrogen and oxygen atoms in total. The zero-order valence-electron chi connectivity index (χ0n) is 12.3. The van der Waals surface area contributed by atoms with Crippen LogP contribution in [0, 0.1) is 0 Å². The second kappa shape index (κ2) is 6.84. The first kappa shape index (κ1) is 14.2. The highest BCUT2D eigenvalue weighted by Gasteiger charge is 2.13. The van der Waals surface area contributed by atoms with E-state index >= 15 is 0 Å². The molecule has 0 fully saturated rings. The van der Waals surface area contributed by atoms with Gasteiger partial charge in [-0.3, -0.25) is 4.98 Å². The minimum atomic E-state index is 0.733. The van der Waals surface area contributed by atoms with Gasteiger partial charge in [-0.1, -0.05) is 13.0 Å². The number of hydrogen-bond acceptors (Lipinski definition) is 5. The van der Waals surface area contributed by atoms with Crippen molar-refractivity contribution in [3.63, 3.8) is 0 Å². The maximum Gasteiger partial charge on any atom is 0.137 e. The van der Waals surface area contributed by atoms with Gasteiger partial charge in [-0.25, -0.2) is 9.97 Å². The highest BCUT2D eigenvalue weighted by molar-refractivity contribution is 5.58. The van der Waals surface area contributed by atoms with E-state index in [-0.39, 0.29) is 0 Å². The first-order valence-corrected chi connectivity index (χ1v) is 6.95. The van der Waals surface area contributed by atoms with Gasteiger partial charge in [0.05, 0.1) is 12.2 Å². The molecule has 0 radical (unpaired) electrons. The van der Waals surface area contributed by atoms with Crippen LogP contribution in [0.5, 0.6) is 0 Å². The van der Waals surface area contributed by atoms with E-state index in [1.807, 2.05) is 31.4 Å². The molecule has 0 aliphatic heterocycles. The van der Waals surface area contributed by atoms with Crippen LogP contribution in [0.3, 0.4) is 0 Å². The van der Waals surface area contributed by atoms with Crippen molar-refractivity contribution in [2.75, 3.05) is 23.8 Å². The van der Waals surface area contributed by atoms with Crippen LogP contribution in [0.1, 0.15) is 25.1 Å². The van der Waals surface area contributed by atoms with Crippen LogP contribution in [0.4, 0.5) is 11.6 Å². The summed E-state index contributed by atoms with van der Waals surface area (Å²) in [5.41, 5.74) is 2.17. The van der Waals surface area contributed by atoms with Gasteiger partial charge in [-0.2, -0.15) is 0 Å². The maximum atomic E-state index is 4.44.